The lowest BCUT2D eigenvalue weighted by molar-refractivity contribution is -0.123. The van der Waals surface area contributed by atoms with Crippen LogP contribution in [0.4, 0.5) is 5.69 Å². The first kappa shape index (κ1) is 18.1. The Labute approximate surface area is 146 Å². The molecule has 0 aliphatic rings. The van der Waals surface area contributed by atoms with Crippen LogP contribution >= 0.6 is 11.8 Å². The largest absolute Gasteiger partial charge is 0.449 e. The Kier molecular flexibility index (Phi) is 6.04. The van der Waals surface area contributed by atoms with Crippen molar-refractivity contribution < 1.29 is 14.3 Å². The van der Waals surface area contributed by atoms with E-state index in [1.165, 1.54) is 0 Å². The SMILES string of the molecule is CSc1ccc(C(=O)O[C@H](C)C(=O)Nc2c(C)cccc2C)cc1. The predicted molar refractivity (Wildman–Crippen MR) is 97.6 cm³/mol. The van der Waals surface area contributed by atoms with E-state index in [9.17, 15) is 9.59 Å². The number of hydrogen-bond acceptors (Lipinski definition) is 4. The minimum atomic E-state index is -0.878. The molecule has 2 aromatic rings. The van der Waals surface area contributed by atoms with Crippen molar-refractivity contribution in [2.24, 2.45) is 0 Å². The number of nitrogens with one attached hydrogen (secondary N) is 1. The highest BCUT2D eigenvalue weighted by atomic mass is 32.2. The van der Waals surface area contributed by atoms with E-state index in [1.54, 1.807) is 30.8 Å². The van der Waals surface area contributed by atoms with Crippen LogP contribution < -0.4 is 5.32 Å². The Morgan fingerprint density at radius 2 is 1.62 bits per heavy atom. The Balaban J connectivity index is 2.01. The molecule has 1 amide bonds. The van der Waals surface area contributed by atoms with Gasteiger partial charge in [-0.15, -0.1) is 11.8 Å². The van der Waals surface area contributed by atoms with Crippen molar-refractivity contribution >= 4 is 29.3 Å². The van der Waals surface area contributed by atoms with Gasteiger partial charge in [-0.25, -0.2) is 4.79 Å². The summed E-state index contributed by atoms with van der Waals surface area (Å²) < 4.78 is 5.27. The van der Waals surface area contributed by atoms with Crippen LogP contribution in [0, 0.1) is 13.8 Å². The number of amides is 1. The van der Waals surface area contributed by atoms with Crippen LogP contribution in [0.25, 0.3) is 0 Å². The Morgan fingerprint density at radius 1 is 1.04 bits per heavy atom. The molecule has 0 fully saturated rings. The third-order valence-electron chi connectivity index (χ3n) is 3.71. The zero-order chi connectivity index (χ0) is 17.7. The Hall–Kier alpha value is -2.27. The molecule has 0 aliphatic carbocycles. The maximum Gasteiger partial charge on any atom is 0.338 e. The van der Waals surface area contributed by atoms with Gasteiger partial charge in [-0.3, -0.25) is 4.79 Å². The number of carbonyl (C=O) groups is 2. The van der Waals surface area contributed by atoms with E-state index in [0.717, 1.165) is 21.7 Å². The second-order valence-electron chi connectivity index (χ2n) is 5.53. The number of esters is 1. The topological polar surface area (TPSA) is 55.4 Å². The number of thioether (sulfide) groups is 1. The summed E-state index contributed by atoms with van der Waals surface area (Å²) in [7, 11) is 0. The standard InChI is InChI=1S/C19H21NO3S/c1-12-6-5-7-13(2)17(12)20-18(21)14(3)23-19(22)15-8-10-16(24-4)11-9-15/h5-11,14H,1-4H3,(H,20,21)/t14-/m1/s1. The van der Waals surface area contributed by atoms with Crippen molar-refractivity contribution in [1.29, 1.82) is 0 Å². The molecule has 2 aromatic carbocycles. The molecule has 0 radical (unpaired) electrons. The van der Waals surface area contributed by atoms with Gasteiger partial charge in [-0.05, 0) is 62.4 Å². The van der Waals surface area contributed by atoms with Gasteiger partial charge >= 0.3 is 5.97 Å². The predicted octanol–water partition coefficient (Wildman–Crippen LogP) is 4.21. The van der Waals surface area contributed by atoms with Gasteiger partial charge in [0.2, 0.25) is 0 Å². The zero-order valence-corrected chi connectivity index (χ0v) is 15.1. The summed E-state index contributed by atoms with van der Waals surface area (Å²) in [5.74, 6) is -0.853. The summed E-state index contributed by atoms with van der Waals surface area (Å²) in [4.78, 5) is 25.5. The quantitative estimate of drug-likeness (QED) is 0.653. The third kappa shape index (κ3) is 4.38. The van der Waals surface area contributed by atoms with Crippen LogP contribution in [0.2, 0.25) is 0 Å². The molecule has 5 heteroatoms. The van der Waals surface area contributed by atoms with Gasteiger partial charge < -0.3 is 10.1 Å². The highest BCUT2D eigenvalue weighted by Crippen LogP contribution is 2.20. The monoisotopic (exact) mass is 343 g/mol. The molecule has 0 aromatic heterocycles. The molecule has 0 bridgehead atoms. The summed E-state index contributed by atoms with van der Waals surface area (Å²) in [5.41, 5.74) is 3.12. The summed E-state index contributed by atoms with van der Waals surface area (Å²) >= 11 is 1.60. The molecule has 1 atom stereocenters. The van der Waals surface area contributed by atoms with Crippen LogP contribution in [0.1, 0.15) is 28.4 Å². The summed E-state index contributed by atoms with van der Waals surface area (Å²) in [6.07, 6.45) is 1.09. The molecule has 1 N–H and O–H groups in total. The number of rotatable bonds is 5. The van der Waals surface area contributed by atoms with Crippen LogP contribution in [0.3, 0.4) is 0 Å². The van der Waals surface area contributed by atoms with Gasteiger partial charge in [0.1, 0.15) is 0 Å². The number of carbonyl (C=O) groups excluding carboxylic acids is 2. The van der Waals surface area contributed by atoms with E-state index in [2.05, 4.69) is 5.32 Å². The lowest BCUT2D eigenvalue weighted by Crippen LogP contribution is -2.30. The fraction of sp³-hybridized carbons (Fsp3) is 0.263. The van der Waals surface area contributed by atoms with E-state index in [4.69, 9.17) is 4.74 Å². The van der Waals surface area contributed by atoms with Crippen molar-refractivity contribution in [3.05, 3.63) is 59.2 Å². The molecular formula is C19H21NO3S. The second-order valence-corrected chi connectivity index (χ2v) is 6.41. The average molecular weight is 343 g/mol. The molecular weight excluding hydrogens is 322 g/mol. The van der Waals surface area contributed by atoms with Crippen molar-refractivity contribution in [3.63, 3.8) is 0 Å². The first-order valence-electron chi connectivity index (χ1n) is 7.64. The maximum atomic E-state index is 12.3. The fourth-order valence-corrected chi connectivity index (χ4v) is 2.65. The first-order valence-corrected chi connectivity index (χ1v) is 8.87. The lowest BCUT2D eigenvalue weighted by Gasteiger charge is -2.16. The van der Waals surface area contributed by atoms with Crippen LogP contribution in [-0.4, -0.2) is 24.2 Å². The average Bonchev–Trinajstić information content (AvgIpc) is 2.58. The van der Waals surface area contributed by atoms with E-state index in [0.29, 0.717) is 5.56 Å². The van der Waals surface area contributed by atoms with E-state index < -0.39 is 12.1 Å². The highest BCUT2D eigenvalue weighted by molar-refractivity contribution is 7.98. The van der Waals surface area contributed by atoms with Gasteiger partial charge in [-0.1, -0.05) is 18.2 Å². The van der Waals surface area contributed by atoms with E-state index in [-0.39, 0.29) is 5.91 Å². The minimum Gasteiger partial charge on any atom is -0.449 e. The number of hydrogen-bond donors (Lipinski definition) is 1. The van der Waals surface area contributed by atoms with E-state index >= 15 is 0 Å². The van der Waals surface area contributed by atoms with Crippen molar-refractivity contribution in [2.75, 3.05) is 11.6 Å². The van der Waals surface area contributed by atoms with Gasteiger partial charge in [0, 0.05) is 10.6 Å². The summed E-state index contributed by atoms with van der Waals surface area (Å²) in [6.45, 7) is 5.41. The minimum absolute atomic E-state index is 0.346. The molecule has 0 saturated carbocycles. The van der Waals surface area contributed by atoms with Crippen LogP contribution in [0.5, 0.6) is 0 Å². The van der Waals surface area contributed by atoms with Gasteiger partial charge in [0.25, 0.3) is 5.91 Å². The number of para-hydroxylation sites is 1. The number of ether oxygens (including phenoxy) is 1. The number of aryl methyl sites for hydroxylation is 2. The molecule has 4 nitrogen and oxygen atoms in total. The number of anilines is 1. The van der Waals surface area contributed by atoms with Crippen molar-refractivity contribution in [2.45, 2.75) is 31.8 Å². The zero-order valence-electron chi connectivity index (χ0n) is 14.3. The first-order chi connectivity index (χ1) is 11.4. The van der Waals surface area contributed by atoms with Crippen LogP contribution in [0.15, 0.2) is 47.4 Å². The van der Waals surface area contributed by atoms with Crippen molar-refractivity contribution in [3.8, 4) is 0 Å². The lowest BCUT2D eigenvalue weighted by atomic mass is 10.1. The van der Waals surface area contributed by atoms with Gasteiger partial charge in [-0.2, -0.15) is 0 Å². The molecule has 0 unspecified atom stereocenters. The third-order valence-corrected chi connectivity index (χ3v) is 4.45. The van der Waals surface area contributed by atoms with Gasteiger partial charge in [0.15, 0.2) is 6.10 Å². The second kappa shape index (κ2) is 8.02. The maximum absolute atomic E-state index is 12.3. The molecule has 0 aliphatic heterocycles. The normalized spacial score (nSPS) is 11.7. The Morgan fingerprint density at radius 3 is 2.17 bits per heavy atom. The van der Waals surface area contributed by atoms with Crippen LogP contribution in [-0.2, 0) is 9.53 Å². The molecule has 2 rings (SSSR count). The molecule has 24 heavy (non-hydrogen) atoms. The van der Waals surface area contributed by atoms with Gasteiger partial charge in [0.05, 0.1) is 5.56 Å². The van der Waals surface area contributed by atoms with Crippen molar-refractivity contribution in [1.82, 2.24) is 0 Å². The fourth-order valence-electron chi connectivity index (χ4n) is 2.25. The molecule has 0 heterocycles. The highest BCUT2D eigenvalue weighted by Gasteiger charge is 2.20. The Bertz CT molecular complexity index is 721. The summed E-state index contributed by atoms with van der Waals surface area (Å²) in [5, 5.41) is 2.83. The molecule has 126 valence electrons. The molecule has 0 saturated heterocycles. The molecule has 0 spiro atoms. The summed E-state index contributed by atoms with van der Waals surface area (Å²) in [6, 6.07) is 12.9. The number of benzene rings is 2. The van der Waals surface area contributed by atoms with E-state index in [1.807, 2.05) is 50.4 Å². The smallest absolute Gasteiger partial charge is 0.338 e.